The monoisotopic (exact) mass is 242 g/mol. The molecule has 100 valence electrons. The first kappa shape index (κ1) is 14.5. The van der Waals surface area contributed by atoms with Crippen molar-refractivity contribution in [3.8, 4) is 0 Å². The summed E-state index contributed by atoms with van der Waals surface area (Å²) in [6.07, 6.45) is 3.15. The van der Waals surface area contributed by atoms with Gasteiger partial charge in [0.15, 0.2) is 0 Å². The number of hydrogen-bond donors (Lipinski definition) is 1. The van der Waals surface area contributed by atoms with Crippen molar-refractivity contribution in [3.05, 3.63) is 0 Å². The molecule has 3 nitrogen and oxygen atoms in total. The number of aliphatic hydroxyl groups is 1. The lowest BCUT2D eigenvalue weighted by Gasteiger charge is -2.41. The lowest BCUT2D eigenvalue weighted by Crippen LogP contribution is -2.43. The molecule has 2 atom stereocenters. The summed E-state index contributed by atoms with van der Waals surface area (Å²) < 4.78 is 5.28. The molecule has 3 heteroatoms. The van der Waals surface area contributed by atoms with Crippen LogP contribution in [0.5, 0.6) is 0 Å². The van der Waals surface area contributed by atoms with Gasteiger partial charge >= 0.3 is 5.97 Å². The van der Waals surface area contributed by atoms with Crippen LogP contribution >= 0.6 is 0 Å². The van der Waals surface area contributed by atoms with Crippen molar-refractivity contribution >= 4 is 5.97 Å². The van der Waals surface area contributed by atoms with Crippen LogP contribution in [0.1, 0.15) is 60.3 Å². The molecule has 17 heavy (non-hydrogen) atoms. The second kappa shape index (κ2) is 4.97. The topological polar surface area (TPSA) is 46.5 Å². The molecule has 0 radical (unpaired) electrons. The number of hydrogen-bond acceptors (Lipinski definition) is 3. The average Bonchev–Trinajstić information content (AvgIpc) is 2.15. The van der Waals surface area contributed by atoms with Crippen LogP contribution in [0, 0.1) is 17.3 Å². The predicted octanol–water partition coefficient (Wildman–Crippen LogP) is 3.11. The highest BCUT2D eigenvalue weighted by atomic mass is 16.7. The second-order valence-electron chi connectivity index (χ2n) is 6.68. The van der Waals surface area contributed by atoms with Crippen LogP contribution in [-0.4, -0.2) is 16.9 Å². The van der Waals surface area contributed by atoms with Crippen LogP contribution in [0.4, 0.5) is 0 Å². The van der Waals surface area contributed by atoms with Crippen LogP contribution in [0.15, 0.2) is 0 Å². The molecule has 1 fully saturated rings. The van der Waals surface area contributed by atoms with Gasteiger partial charge in [-0.15, -0.1) is 0 Å². The van der Waals surface area contributed by atoms with E-state index in [1.54, 1.807) is 13.8 Å². The quantitative estimate of drug-likeness (QED) is 0.598. The highest BCUT2D eigenvalue weighted by molar-refractivity contribution is 5.71. The molecule has 0 bridgehead atoms. The maximum Gasteiger partial charge on any atom is 0.310 e. The van der Waals surface area contributed by atoms with Crippen molar-refractivity contribution in [2.45, 2.75) is 66.1 Å². The molecule has 0 amide bonds. The summed E-state index contributed by atoms with van der Waals surface area (Å²) in [6, 6.07) is 0. The normalized spacial score (nSPS) is 30.4. The van der Waals surface area contributed by atoms with Gasteiger partial charge in [0.1, 0.15) is 0 Å². The van der Waals surface area contributed by atoms with E-state index in [0.29, 0.717) is 18.8 Å². The van der Waals surface area contributed by atoms with Gasteiger partial charge in [-0.1, -0.05) is 34.6 Å². The van der Waals surface area contributed by atoms with E-state index in [2.05, 4.69) is 20.8 Å². The number of esters is 1. The van der Waals surface area contributed by atoms with Gasteiger partial charge in [-0.3, -0.25) is 4.79 Å². The molecule has 1 rings (SSSR count). The smallest absolute Gasteiger partial charge is 0.310 e. The maximum absolute atomic E-state index is 11.6. The summed E-state index contributed by atoms with van der Waals surface area (Å²) in [6.45, 7) is 10.1. The summed E-state index contributed by atoms with van der Waals surface area (Å²) in [5.41, 5.74) is 0.151. The third-order valence-corrected chi connectivity index (χ3v) is 3.67. The van der Waals surface area contributed by atoms with Gasteiger partial charge < -0.3 is 9.84 Å². The van der Waals surface area contributed by atoms with E-state index in [1.807, 2.05) is 0 Å². The highest BCUT2D eigenvalue weighted by Gasteiger charge is 2.41. The number of rotatable bonds is 2. The molecule has 0 spiro atoms. The largest absolute Gasteiger partial charge is 0.433 e. The van der Waals surface area contributed by atoms with Gasteiger partial charge in [-0.2, -0.15) is 0 Å². The van der Waals surface area contributed by atoms with Gasteiger partial charge in [0.2, 0.25) is 5.79 Å². The lowest BCUT2D eigenvalue weighted by atomic mass is 9.70. The van der Waals surface area contributed by atoms with Gasteiger partial charge in [-0.05, 0) is 24.2 Å². The third-order valence-electron chi connectivity index (χ3n) is 3.67. The standard InChI is InChI=1S/C14H26O3/c1-10(2)12(15)17-14(16)8-6-7-11(9-14)13(3,4)5/h10-11,16H,6-9H2,1-5H3. The van der Waals surface area contributed by atoms with Crippen LogP contribution < -0.4 is 0 Å². The molecule has 1 saturated carbocycles. The minimum absolute atomic E-state index is 0.151. The Morgan fingerprint density at radius 2 is 2.00 bits per heavy atom. The fourth-order valence-electron chi connectivity index (χ4n) is 2.35. The molecule has 1 aliphatic carbocycles. The Labute approximate surface area is 105 Å². The van der Waals surface area contributed by atoms with Crippen LogP contribution in [0.3, 0.4) is 0 Å². The van der Waals surface area contributed by atoms with E-state index in [-0.39, 0.29) is 17.3 Å². The first-order valence-electron chi connectivity index (χ1n) is 6.59. The molecule has 0 aromatic rings. The first-order valence-corrected chi connectivity index (χ1v) is 6.59. The predicted molar refractivity (Wildman–Crippen MR) is 67.3 cm³/mol. The maximum atomic E-state index is 11.6. The molecule has 0 aromatic heterocycles. The van der Waals surface area contributed by atoms with E-state index < -0.39 is 5.79 Å². The minimum Gasteiger partial charge on any atom is -0.433 e. The van der Waals surface area contributed by atoms with E-state index in [0.717, 1.165) is 12.8 Å². The van der Waals surface area contributed by atoms with Gasteiger partial charge in [0, 0.05) is 12.8 Å². The van der Waals surface area contributed by atoms with E-state index in [1.165, 1.54) is 0 Å². The van der Waals surface area contributed by atoms with Gasteiger partial charge in [0.05, 0.1) is 5.92 Å². The Morgan fingerprint density at radius 3 is 2.47 bits per heavy atom. The Hall–Kier alpha value is -0.570. The molecule has 2 unspecified atom stereocenters. The molecular formula is C14H26O3. The Balaban J connectivity index is 2.67. The van der Waals surface area contributed by atoms with Crippen molar-refractivity contribution in [1.29, 1.82) is 0 Å². The van der Waals surface area contributed by atoms with E-state index in [4.69, 9.17) is 4.74 Å². The van der Waals surface area contributed by atoms with Crippen LogP contribution in [0.2, 0.25) is 0 Å². The van der Waals surface area contributed by atoms with Crippen molar-refractivity contribution < 1.29 is 14.6 Å². The second-order valence-corrected chi connectivity index (χ2v) is 6.68. The Bertz CT molecular complexity index is 278. The fourth-order valence-corrected chi connectivity index (χ4v) is 2.35. The minimum atomic E-state index is -1.24. The number of carbonyl (C=O) groups excluding carboxylic acids is 1. The van der Waals surface area contributed by atoms with Gasteiger partial charge in [0.25, 0.3) is 0 Å². The van der Waals surface area contributed by atoms with Crippen LogP contribution in [-0.2, 0) is 9.53 Å². The number of carbonyl (C=O) groups is 1. The summed E-state index contributed by atoms with van der Waals surface area (Å²) in [5, 5.41) is 10.4. The lowest BCUT2D eigenvalue weighted by molar-refractivity contribution is -0.232. The molecule has 0 saturated heterocycles. The molecule has 0 heterocycles. The van der Waals surface area contributed by atoms with E-state index in [9.17, 15) is 9.90 Å². The van der Waals surface area contributed by atoms with Crippen LogP contribution in [0.25, 0.3) is 0 Å². The molecule has 1 aliphatic rings. The zero-order valence-corrected chi connectivity index (χ0v) is 11.7. The first-order chi connectivity index (χ1) is 7.64. The van der Waals surface area contributed by atoms with Gasteiger partial charge in [-0.25, -0.2) is 0 Å². The summed E-state index contributed by atoms with van der Waals surface area (Å²) in [5.74, 6) is -1.32. The van der Waals surface area contributed by atoms with Crippen molar-refractivity contribution in [1.82, 2.24) is 0 Å². The molecule has 0 aliphatic heterocycles. The van der Waals surface area contributed by atoms with Crippen molar-refractivity contribution in [2.75, 3.05) is 0 Å². The Morgan fingerprint density at radius 1 is 1.41 bits per heavy atom. The summed E-state index contributed by atoms with van der Waals surface area (Å²) in [4.78, 5) is 11.6. The molecule has 0 aromatic carbocycles. The van der Waals surface area contributed by atoms with E-state index >= 15 is 0 Å². The van der Waals surface area contributed by atoms with Crippen molar-refractivity contribution in [2.24, 2.45) is 17.3 Å². The highest BCUT2D eigenvalue weighted by Crippen LogP contribution is 2.42. The summed E-state index contributed by atoms with van der Waals surface area (Å²) in [7, 11) is 0. The molecular weight excluding hydrogens is 216 g/mol. The Kier molecular flexibility index (Phi) is 4.23. The third kappa shape index (κ3) is 3.98. The van der Waals surface area contributed by atoms with Crippen molar-refractivity contribution in [3.63, 3.8) is 0 Å². The number of ether oxygens (including phenoxy) is 1. The SMILES string of the molecule is CC(C)C(=O)OC1(O)CCCC(C(C)(C)C)C1. The zero-order valence-electron chi connectivity index (χ0n) is 11.7. The summed E-state index contributed by atoms with van der Waals surface area (Å²) >= 11 is 0. The molecule has 1 N–H and O–H groups in total. The average molecular weight is 242 g/mol. The fraction of sp³-hybridized carbons (Fsp3) is 0.929. The zero-order chi connectivity index (χ0) is 13.3.